The number of rotatable bonds is 3. The van der Waals surface area contributed by atoms with Gasteiger partial charge < -0.3 is 4.74 Å². The molecule has 2 aromatic rings. The number of halogens is 1. The summed E-state index contributed by atoms with van der Waals surface area (Å²) in [5.74, 6) is 0.323. The van der Waals surface area contributed by atoms with Crippen molar-refractivity contribution in [2.45, 2.75) is 27.4 Å². The lowest BCUT2D eigenvalue weighted by atomic mass is 10.1. The van der Waals surface area contributed by atoms with Crippen LogP contribution in [0, 0.1) is 37.9 Å². The molecule has 0 aliphatic carbocycles. The van der Waals surface area contributed by atoms with Crippen LogP contribution in [-0.2, 0) is 6.61 Å². The average Bonchev–Trinajstić information content (AvgIpc) is 2.42. The Morgan fingerprint density at radius 2 is 1.90 bits per heavy atom. The van der Waals surface area contributed by atoms with Crippen LogP contribution in [0.2, 0.25) is 0 Å². The molecule has 0 bridgehead atoms. The first-order valence-corrected chi connectivity index (χ1v) is 6.40. The van der Waals surface area contributed by atoms with Crippen molar-refractivity contribution >= 4 is 0 Å². The fourth-order valence-electron chi connectivity index (χ4n) is 2.06. The van der Waals surface area contributed by atoms with Gasteiger partial charge in [-0.25, -0.2) is 4.39 Å². The minimum Gasteiger partial charge on any atom is -0.489 e. The van der Waals surface area contributed by atoms with E-state index in [2.05, 4.69) is 6.07 Å². The average molecular weight is 269 g/mol. The molecule has 0 amide bonds. The Labute approximate surface area is 118 Å². The first kappa shape index (κ1) is 14.1. The van der Waals surface area contributed by atoms with Crippen LogP contribution in [0.1, 0.15) is 27.8 Å². The van der Waals surface area contributed by atoms with Crippen molar-refractivity contribution in [3.8, 4) is 11.8 Å². The lowest BCUT2D eigenvalue weighted by Crippen LogP contribution is -2.00. The molecule has 2 nitrogen and oxygen atoms in total. The van der Waals surface area contributed by atoms with Crippen molar-refractivity contribution in [3.63, 3.8) is 0 Å². The zero-order valence-electron chi connectivity index (χ0n) is 11.8. The van der Waals surface area contributed by atoms with E-state index in [9.17, 15) is 4.39 Å². The number of benzene rings is 2. The Hall–Kier alpha value is -2.34. The summed E-state index contributed by atoms with van der Waals surface area (Å²) in [5.41, 5.74) is 4.24. The second kappa shape index (κ2) is 5.75. The van der Waals surface area contributed by atoms with Gasteiger partial charge in [0, 0.05) is 0 Å². The SMILES string of the molecule is Cc1cc(C)c(C)c(OCc2ccc(F)c(C#N)c2)c1. The molecule has 0 heterocycles. The van der Waals surface area contributed by atoms with Crippen LogP contribution in [0.25, 0.3) is 0 Å². The molecule has 3 heteroatoms. The van der Waals surface area contributed by atoms with Crippen LogP contribution < -0.4 is 4.74 Å². The van der Waals surface area contributed by atoms with Crippen LogP contribution in [-0.4, -0.2) is 0 Å². The highest BCUT2D eigenvalue weighted by Crippen LogP contribution is 2.24. The molecule has 2 aromatic carbocycles. The highest BCUT2D eigenvalue weighted by molar-refractivity contribution is 5.42. The zero-order chi connectivity index (χ0) is 14.7. The molecule has 0 spiro atoms. The van der Waals surface area contributed by atoms with Crippen LogP contribution in [0.3, 0.4) is 0 Å². The third-order valence-corrected chi connectivity index (χ3v) is 3.31. The quantitative estimate of drug-likeness (QED) is 0.836. The molecule has 0 aliphatic rings. The van der Waals surface area contributed by atoms with E-state index >= 15 is 0 Å². The molecule has 0 N–H and O–H groups in total. The maximum atomic E-state index is 13.2. The van der Waals surface area contributed by atoms with E-state index in [1.807, 2.05) is 32.9 Å². The lowest BCUT2D eigenvalue weighted by molar-refractivity contribution is 0.303. The minimum atomic E-state index is -0.501. The van der Waals surface area contributed by atoms with Gasteiger partial charge in [0.25, 0.3) is 0 Å². The van der Waals surface area contributed by atoms with E-state index in [0.29, 0.717) is 6.61 Å². The van der Waals surface area contributed by atoms with Crippen LogP contribution in [0.15, 0.2) is 30.3 Å². The molecule has 0 unspecified atom stereocenters. The van der Waals surface area contributed by atoms with Crippen molar-refractivity contribution in [2.24, 2.45) is 0 Å². The van der Waals surface area contributed by atoms with E-state index in [1.54, 1.807) is 6.07 Å². The molecule has 20 heavy (non-hydrogen) atoms. The molecule has 2 rings (SSSR count). The van der Waals surface area contributed by atoms with Crippen LogP contribution in [0.5, 0.6) is 5.75 Å². The molecule has 102 valence electrons. The first-order valence-electron chi connectivity index (χ1n) is 6.40. The van der Waals surface area contributed by atoms with Gasteiger partial charge in [-0.05, 0) is 61.2 Å². The largest absolute Gasteiger partial charge is 0.489 e. The van der Waals surface area contributed by atoms with E-state index in [4.69, 9.17) is 10.00 Å². The number of ether oxygens (including phenoxy) is 1. The maximum absolute atomic E-state index is 13.2. The van der Waals surface area contributed by atoms with Crippen molar-refractivity contribution in [2.75, 3.05) is 0 Å². The molecule has 0 saturated carbocycles. The van der Waals surface area contributed by atoms with Crippen molar-refractivity contribution in [1.29, 1.82) is 5.26 Å². The Kier molecular flexibility index (Phi) is 4.05. The predicted octanol–water partition coefficient (Wildman–Crippen LogP) is 4.20. The molecule has 0 aliphatic heterocycles. The topological polar surface area (TPSA) is 33.0 Å². The summed E-state index contributed by atoms with van der Waals surface area (Å²) in [5, 5.41) is 8.81. The smallest absolute Gasteiger partial charge is 0.140 e. The predicted molar refractivity (Wildman–Crippen MR) is 76.1 cm³/mol. The number of hydrogen-bond donors (Lipinski definition) is 0. The van der Waals surface area contributed by atoms with Crippen LogP contribution >= 0.6 is 0 Å². The third kappa shape index (κ3) is 2.97. The highest BCUT2D eigenvalue weighted by Gasteiger charge is 2.06. The maximum Gasteiger partial charge on any atom is 0.140 e. The van der Waals surface area contributed by atoms with Gasteiger partial charge in [-0.15, -0.1) is 0 Å². The van der Waals surface area contributed by atoms with Crippen LogP contribution in [0.4, 0.5) is 4.39 Å². The fourth-order valence-corrected chi connectivity index (χ4v) is 2.06. The van der Waals surface area contributed by atoms with E-state index in [-0.39, 0.29) is 5.56 Å². The van der Waals surface area contributed by atoms with E-state index < -0.39 is 5.82 Å². The Bertz CT molecular complexity index is 686. The first-order chi connectivity index (χ1) is 9.51. The molecule has 0 aromatic heterocycles. The normalized spacial score (nSPS) is 10.2. The summed E-state index contributed by atoms with van der Waals surface area (Å²) >= 11 is 0. The zero-order valence-corrected chi connectivity index (χ0v) is 11.8. The van der Waals surface area contributed by atoms with Crippen molar-refractivity contribution in [3.05, 3.63) is 64.0 Å². The fraction of sp³-hybridized carbons (Fsp3) is 0.235. The Balaban J connectivity index is 2.19. The monoisotopic (exact) mass is 269 g/mol. The number of nitrogens with zero attached hydrogens (tertiary/aromatic N) is 1. The summed E-state index contributed by atoms with van der Waals surface area (Å²) in [6.45, 7) is 6.39. The van der Waals surface area contributed by atoms with Gasteiger partial charge in [0.05, 0.1) is 5.56 Å². The van der Waals surface area contributed by atoms with Gasteiger partial charge in [0.15, 0.2) is 0 Å². The number of hydrogen-bond acceptors (Lipinski definition) is 2. The highest BCUT2D eigenvalue weighted by atomic mass is 19.1. The lowest BCUT2D eigenvalue weighted by Gasteiger charge is -2.12. The molecule has 0 radical (unpaired) electrons. The third-order valence-electron chi connectivity index (χ3n) is 3.31. The number of nitriles is 1. The minimum absolute atomic E-state index is 0.0447. The van der Waals surface area contributed by atoms with Gasteiger partial charge in [0.1, 0.15) is 24.2 Å². The molecule has 0 atom stereocenters. The van der Waals surface area contributed by atoms with Gasteiger partial charge in [-0.2, -0.15) is 5.26 Å². The summed E-state index contributed by atoms with van der Waals surface area (Å²) in [6, 6.07) is 10.4. The Morgan fingerprint density at radius 1 is 1.15 bits per heavy atom. The summed E-state index contributed by atoms with van der Waals surface area (Å²) < 4.78 is 19.0. The summed E-state index contributed by atoms with van der Waals surface area (Å²) in [7, 11) is 0. The summed E-state index contributed by atoms with van der Waals surface area (Å²) in [4.78, 5) is 0. The second-order valence-corrected chi connectivity index (χ2v) is 4.92. The molecule has 0 saturated heterocycles. The molecule has 0 fully saturated rings. The van der Waals surface area contributed by atoms with Crippen molar-refractivity contribution in [1.82, 2.24) is 0 Å². The second-order valence-electron chi connectivity index (χ2n) is 4.92. The molecular formula is C17H16FNO. The van der Waals surface area contributed by atoms with Gasteiger partial charge >= 0.3 is 0 Å². The number of aryl methyl sites for hydroxylation is 2. The molecular weight excluding hydrogens is 253 g/mol. The van der Waals surface area contributed by atoms with Gasteiger partial charge in [-0.3, -0.25) is 0 Å². The van der Waals surface area contributed by atoms with E-state index in [1.165, 1.54) is 17.7 Å². The standard InChI is InChI=1S/C17H16FNO/c1-11-6-12(2)13(3)17(7-11)20-10-14-4-5-16(18)15(8-14)9-19/h4-8H,10H2,1-3H3. The Morgan fingerprint density at radius 3 is 2.60 bits per heavy atom. The van der Waals surface area contributed by atoms with E-state index in [0.717, 1.165) is 22.4 Å². The summed E-state index contributed by atoms with van der Waals surface area (Å²) in [6.07, 6.45) is 0. The van der Waals surface area contributed by atoms with Crippen molar-refractivity contribution < 1.29 is 9.13 Å². The van der Waals surface area contributed by atoms with Gasteiger partial charge in [0.2, 0.25) is 0 Å². The van der Waals surface area contributed by atoms with Gasteiger partial charge in [-0.1, -0.05) is 12.1 Å².